The smallest absolute Gasteiger partial charge is 0.296 e. The molecule has 0 aliphatic carbocycles. The third kappa shape index (κ3) is 4.16. The van der Waals surface area contributed by atoms with Crippen molar-refractivity contribution >= 4 is 5.91 Å². The summed E-state index contributed by atoms with van der Waals surface area (Å²) < 4.78 is 0. The zero-order valence-corrected chi connectivity index (χ0v) is 9.23. The Hall–Kier alpha value is -1.79. The first-order valence-electron chi connectivity index (χ1n) is 5.24. The van der Waals surface area contributed by atoms with Crippen LogP contribution in [0.2, 0.25) is 0 Å². The molecule has 1 amide bonds. The van der Waals surface area contributed by atoms with E-state index in [2.05, 4.69) is 17.2 Å². The van der Waals surface area contributed by atoms with Crippen molar-refractivity contribution in [3.8, 4) is 11.8 Å². The van der Waals surface area contributed by atoms with Gasteiger partial charge in [-0.15, -0.1) is 0 Å². The number of rotatable bonds is 3. The molecule has 0 spiro atoms. The first kappa shape index (κ1) is 12.3. The van der Waals surface area contributed by atoms with Crippen LogP contribution in [0.5, 0.6) is 0 Å². The zero-order chi connectivity index (χ0) is 11.8. The Labute approximate surface area is 95.5 Å². The zero-order valence-electron chi connectivity index (χ0n) is 9.23. The van der Waals surface area contributed by atoms with Gasteiger partial charge in [0.1, 0.15) is 0 Å². The molecule has 16 heavy (non-hydrogen) atoms. The average Bonchev–Trinajstić information content (AvgIpc) is 2.34. The molecule has 0 heterocycles. The van der Waals surface area contributed by atoms with E-state index < -0.39 is 0 Å². The molecule has 0 aliphatic heterocycles. The molecule has 84 valence electrons. The summed E-state index contributed by atoms with van der Waals surface area (Å²) in [5.74, 6) is 4.88. The molecular weight excluding hydrogens is 202 g/mol. The van der Waals surface area contributed by atoms with Crippen LogP contribution in [0.15, 0.2) is 30.3 Å². The van der Waals surface area contributed by atoms with Crippen molar-refractivity contribution in [1.29, 1.82) is 0 Å². The van der Waals surface area contributed by atoms with Crippen LogP contribution in [-0.2, 0) is 4.79 Å². The van der Waals surface area contributed by atoms with E-state index in [0.717, 1.165) is 5.56 Å². The second-order valence-electron chi connectivity index (χ2n) is 3.38. The van der Waals surface area contributed by atoms with Crippen LogP contribution >= 0.6 is 0 Å². The SMILES string of the molecule is CCC(CO)NC(=O)C#Cc1ccccc1. The molecular formula is C13H15NO2. The van der Waals surface area contributed by atoms with Gasteiger partial charge in [0.15, 0.2) is 0 Å². The molecule has 3 nitrogen and oxygen atoms in total. The second-order valence-corrected chi connectivity index (χ2v) is 3.38. The van der Waals surface area contributed by atoms with Crippen molar-refractivity contribution in [2.75, 3.05) is 6.61 Å². The highest BCUT2D eigenvalue weighted by molar-refractivity contribution is 5.94. The van der Waals surface area contributed by atoms with Crippen molar-refractivity contribution in [3.05, 3.63) is 35.9 Å². The molecule has 1 rings (SSSR count). The van der Waals surface area contributed by atoms with Gasteiger partial charge in [-0.25, -0.2) is 0 Å². The summed E-state index contributed by atoms with van der Waals surface area (Å²) in [5, 5.41) is 11.5. The first-order valence-corrected chi connectivity index (χ1v) is 5.24. The standard InChI is InChI=1S/C13H15NO2/c1-2-12(10-15)14-13(16)9-8-11-6-4-3-5-7-11/h3-7,12,15H,2,10H2,1H3,(H,14,16). The molecule has 1 unspecified atom stereocenters. The number of aliphatic hydroxyl groups is 1. The van der Waals surface area contributed by atoms with E-state index in [-0.39, 0.29) is 18.6 Å². The minimum atomic E-state index is -0.357. The van der Waals surface area contributed by atoms with E-state index >= 15 is 0 Å². The quantitative estimate of drug-likeness (QED) is 0.740. The molecule has 0 saturated heterocycles. The molecule has 2 N–H and O–H groups in total. The lowest BCUT2D eigenvalue weighted by Gasteiger charge is -2.10. The maximum Gasteiger partial charge on any atom is 0.296 e. The van der Waals surface area contributed by atoms with Crippen molar-refractivity contribution < 1.29 is 9.90 Å². The molecule has 0 radical (unpaired) electrons. The maximum absolute atomic E-state index is 11.3. The molecule has 1 atom stereocenters. The van der Waals surface area contributed by atoms with Crippen LogP contribution in [0.4, 0.5) is 0 Å². The Bertz CT molecular complexity index is 385. The van der Waals surface area contributed by atoms with Crippen LogP contribution in [0.3, 0.4) is 0 Å². The van der Waals surface area contributed by atoms with Gasteiger partial charge in [0, 0.05) is 11.5 Å². The van der Waals surface area contributed by atoms with Gasteiger partial charge >= 0.3 is 0 Å². The van der Waals surface area contributed by atoms with Gasteiger partial charge in [-0.05, 0) is 18.6 Å². The summed E-state index contributed by atoms with van der Waals surface area (Å²) in [7, 11) is 0. The monoisotopic (exact) mass is 217 g/mol. The fraction of sp³-hybridized carbons (Fsp3) is 0.308. The summed E-state index contributed by atoms with van der Waals surface area (Å²) in [6.45, 7) is 1.83. The van der Waals surface area contributed by atoms with Crippen LogP contribution in [0, 0.1) is 11.8 Å². The largest absolute Gasteiger partial charge is 0.394 e. The lowest BCUT2D eigenvalue weighted by Crippen LogP contribution is -2.36. The Kier molecular flexibility index (Phi) is 5.10. The molecule has 3 heteroatoms. The summed E-state index contributed by atoms with van der Waals surface area (Å²) in [4.78, 5) is 11.3. The highest BCUT2D eigenvalue weighted by Gasteiger charge is 2.05. The van der Waals surface area contributed by atoms with Gasteiger partial charge < -0.3 is 10.4 Å². The van der Waals surface area contributed by atoms with Gasteiger partial charge in [0.2, 0.25) is 0 Å². The van der Waals surface area contributed by atoms with Gasteiger partial charge in [0.25, 0.3) is 5.91 Å². The minimum Gasteiger partial charge on any atom is -0.394 e. The Morgan fingerprint density at radius 1 is 1.44 bits per heavy atom. The molecule has 1 aromatic rings. The highest BCUT2D eigenvalue weighted by Crippen LogP contribution is 1.94. The van der Waals surface area contributed by atoms with Crippen LogP contribution in [0.25, 0.3) is 0 Å². The van der Waals surface area contributed by atoms with E-state index in [4.69, 9.17) is 5.11 Å². The molecule has 0 bridgehead atoms. The van der Waals surface area contributed by atoms with Crippen LogP contribution < -0.4 is 5.32 Å². The topological polar surface area (TPSA) is 49.3 Å². The van der Waals surface area contributed by atoms with Crippen molar-refractivity contribution in [2.24, 2.45) is 0 Å². The molecule has 0 aliphatic rings. The van der Waals surface area contributed by atoms with Gasteiger partial charge in [-0.3, -0.25) is 4.79 Å². The number of amides is 1. The van der Waals surface area contributed by atoms with Crippen molar-refractivity contribution in [2.45, 2.75) is 19.4 Å². The fourth-order valence-corrected chi connectivity index (χ4v) is 1.15. The number of benzene rings is 1. The van der Waals surface area contributed by atoms with Gasteiger partial charge in [0.05, 0.1) is 12.6 Å². The fourth-order valence-electron chi connectivity index (χ4n) is 1.15. The highest BCUT2D eigenvalue weighted by atomic mass is 16.3. The van der Waals surface area contributed by atoms with Crippen LogP contribution in [0.1, 0.15) is 18.9 Å². The lowest BCUT2D eigenvalue weighted by atomic mass is 10.2. The number of hydrogen-bond acceptors (Lipinski definition) is 2. The molecule has 1 aromatic carbocycles. The third-order valence-corrected chi connectivity index (χ3v) is 2.14. The lowest BCUT2D eigenvalue weighted by molar-refractivity contribution is -0.116. The Balaban J connectivity index is 2.55. The van der Waals surface area contributed by atoms with Crippen LogP contribution in [-0.4, -0.2) is 23.7 Å². The predicted molar refractivity (Wildman–Crippen MR) is 62.6 cm³/mol. The maximum atomic E-state index is 11.3. The van der Waals surface area contributed by atoms with E-state index in [9.17, 15) is 4.79 Å². The first-order chi connectivity index (χ1) is 7.76. The summed E-state index contributed by atoms with van der Waals surface area (Å²) >= 11 is 0. The Morgan fingerprint density at radius 3 is 2.69 bits per heavy atom. The van der Waals surface area contributed by atoms with E-state index in [0.29, 0.717) is 6.42 Å². The predicted octanol–water partition coefficient (Wildman–Crippen LogP) is 0.925. The Morgan fingerprint density at radius 2 is 2.12 bits per heavy atom. The number of carbonyl (C=O) groups is 1. The third-order valence-electron chi connectivity index (χ3n) is 2.14. The van der Waals surface area contributed by atoms with E-state index in [1.54, 1.807) is 0 Å². The number of nitrogens with one attached hydrogen (secondary N) is 1. The van der Waals surface area contributed by atoms with Gasteiger partial charge in [-0.1, -0.05) is 31.0 Å². The molecule has 0 fully saturated rings. The van der Waals surface area contributed by atoms with Crippen molar-refractivity contribution in [1.82, 2.24) is 5.32 Å². The molecule has 0 aromatic heterocycles. The number of carbonyl (C=O) groups excluding carboxylic acids is 1. The van der Waals surface area contributed by atoms with E-state index in [1.165, 1.54) is 0 Å². The van der Waals surface area contributed by atoms with E-state index in [1.807, 2.05) is 37.3 Å². The van der Waals surface area contributed by atoms with Gasteiger partial charge in [-0.2, -0.15) is 0 Å². The normalized spacial score (nSPS) is 11.1. The summed E-state index contributed by atoms with van der Waals surface area (Å²) in [5.41, 5.74) is 0.801. The minimum absolute atomic E-state index is 0.0603. The average molecular weight is 217 g/mol. The summed E-state index contributed by atoms with van der Waals surface area (Å²) in [6, 6.07) is 9.09. The van der Waals surface area contributed by atoms with Crippen molar-refractivity contribution in [3.63, 3.8) is 0 Å². The summed E-state index contributed by atoms with van der Waals surface area (Å²) in [6.07, 6.45) is 0.690. The molecule has 0 saturated carbocycles. The number of hydrogen-bond donors (Lipinski definition) is 2. The number of aliphatic hydroxyl groups excluding tert-OH is 1. The second kappa shape index (κ2) is 6.65.